The van der Waals surface area contributed by atoms with E-state index in [0.29, 0.717) is 12.8 Å². The van der Waals surface area contributed by atoms with Crippen LogP contribution in [-0.2, 0) is 14.3 Å². The maximum Gasteiger partial charge on any atom is 0.322 e. The van der Waals surface area contributed by atoms with Gasteiger partial charge in [-0.2, -0.15) is 5.26 Å². The molecule has 0 heterocycles. The SMILES string of the molecule is N#CCOC(=O)C1(C(N)=O)CC1. The van der Waals surface area contributed by atoms with Crippen LogP contribution in [0.15, 0.2) is 0 Å². The molecule has 0 atom stereocenters. The highest BCUT2D eigenvalue weighted by Gasteiger charge is 2.56. The first kappa shape index (κ1) is 8.53. The minimum atomic E-state index is -1.11. The summed E-state index contributed by atoms with van der Waals surface area (Å²) in [5.41, 5.74) is 3.87. The molecule has 1 saturated carbocycles. The first-order chi connectivity index (χ1) is 5.63. The second-order valence-corrected chi connectivity index (χ2v) is 2.68. The van der Waals surface area contributed by atoms with Crippen molar-refractivity contribution in [3.05, 3.63) is 0 Å². The summed E-state index contributed by atoms with van der Waals surface area (Å²) in [6.45, 7) is -0.326. The fourth-order valence-electron chi connectivity index (χ4n) is 0.912. The van der Waals surface area contributed by atoms with Crippen LogP contribution >= 0.6 is 0 Å². The summed E-state index contributed by atoms with van der Waals surface area (Å²) in [6.07, 6.45) is 0.874. The molecule has 1 aliphatic rings. The zero-order valence-corrected chi connectivity index (χ0v) is 6.37. The zero-order valence-electron chi connectivity index (χ0n) is 6.37. The van der Waals surface area contributed by atoms with Crippen LogP contribution in [0.1, 0.15) is 12.8 Å². The van der Waals surface area contributed by atoms with Crippen molar-refractivity contribution in [2.45, 2.75) is 12.8 Å². The van der Waals surface area contributed by atoms with Crippen LogP contribution in [0, 0.1) is 16.7 Å². The number of carbonyl (C=O) groups is 2. The van der Waals surface area contributed by atoms with Crippen LogP contribution in [0.2, 0.25) is 0 Å². The highest BCUT2D eigenvalue weighted by atomic mass is 16.5. The van der Waals surface area contributed by atoms with Crippen molar-refractivity contribution >= 4 is 11.9 Å². The Kier molecular flexibility index (Phi) is 2.00. The van der Waals surface area contributed by atoms with Gasteiger partial charge in [0.05, 0.1) is 0 Å². The number of ether oxygens (including phenoxy) is 1. The summed E-state index contributed by atoms with van der Waals surface area (Å²) in [5, 5.41) is 8.10. The average molecular weight is 168 g/mol. The molecule has 5 heteroatoms. The van der Waals surface area contributed by atoms with E-state index in [-0.39, 0.29) is 6.61 Å². The lowest BCUT2D eigenvalue weighted by atomic mass is 10.1. The van der Waals surface area contributed by atoms with Gasteiger partial charge in [-0.3, -0.25) is 9.59 Å². The lowest BCUT2D eigenvalue weighted by molar-refractivity contribution is -0.152. The fraction of sp³-hybridized carbons (Fsp3) is 0.571. The van der Waals surface area contributed by atoms with Crippen LogP contribution in [0.3, 0.4) is 0 Å². The first-order valence-electron chi connectivity index (χ1n) is 3.47. The van der Waals surface area contributed by atoms with Gasteiger partial charge in [-0.1, -0.05) is 0 Å². The van der Waals surface area contributed by atoms with E-state index in [0.717, 1.165) is 0 Å². The highest BCUT2D eigenvalue weighted by molar-refractivity contribution is 6.04. The molecule has 1 rings (SSSR count). The van der Waals surface area contributed by atoms with Gasteiger partial charge in [0.15, 0.2) is 6.61 Å². The van der Waals surface area contributed by atoms with Gasteiger partial charge in [0, 0.05) is 0 Å². The number of carbonyl (C=O) groups excluding carboxylic acids is 2. The normalized spacial score (nSPS) is 17.6. The quantitative estimate of drug-likeness (QED) is 0.446. The molecule has 0 aromatic carbocycles. The predicted octanol–water partition coefficient (Wildman–Crippen LogP) is -0.681. The summed E-state index contributed by atoms with van der Waals surface area (Å²) in [7, 11) is 0. The van der Waals surface area contributed by atoms with E-state index in [4.69, 9.17) is 11.0 Å². The Morgan fingerprint density at radius 3 is 2.50 bits per heavy atom. The Balaban J connectivity index is 2.53. The van der Waals surface area contributed by atoms with Gasteiger partial charge in [0.25, 0.3) is 0 Å². The molecule has 0 unspecified atom stereocenters. The Morgan fingerprint density at radius 1 is 1.58 bits per heavy atom. The molecule has 0 bridgehead atoms. The summed E-state index contributed by atoms with van der Waals surface area (Å²) in [4.78, 5) is 21.8. The lowest BCUT2D eigenvalue weighted by Crippen LogP contribution is -2.33. The third-order valence-corrected chi connectivity index (χ3v) is 1.88. The van der Waals surface area contributed by atoms with Crippen LogP contribution in [0.4, 0.5) is 0 Å². The summed E-state index contributed by atoms with van der Waals surface area (Å²) in [5.74, 6) is -1.33. The van der Waals surface area contributed by atoms with E-state index in [2.05, 4.69) is 4.74 Å². The average Bonchev–Trinajstić information content (AvgIpc) is 2.80. The van der Waals surface area contributed by atoms with Crippen LogP contribution < -0.4 is 5.73 Å². The van der Waals surface area contributed by atoms with Gasteiger partial charge in [-0.15, -0.1) is 0 Å². The van der Waals surface area contributed by atoms with E-state index >= 15 is 0 Å². The number of nitriles is 1. The molecule has 0 aliphatic heterocycles. The molecule has 0 spiro atoms. The Morgan fingerprint density at radius 2 is 2.17 bits per heavy atom. The summed E-state index contributed by atoms with van der Waals surface area (Å²) >= 11 is 0. The Labute approximate surface area is 69.1 Å². The molecular formula is C7H8N2O3. The largest absolute Gasteiger partial charge is 0.449 e. The molecule has 5 nitrogen and oxygen atoms in total. The second kappa shape index (κ2) is 2.81. The molecule has 0 aromatic heterocycles. The number of amides is 1. The van der Waals surface area contributed by atoms with Gasteiger partial charge in [0.1, 0.15) is 11.5 Å². The van der Waals surface area contributed by atoms with Crippen molar-refractivity contribution in [3.63, 3.8) is 0 Å². The van der Waals surface area contributed by atoms with Gasteiger partial charge in [-0.05, 0) is 12.8 Å². The number of hydrogen-bond donors (Lipinski definition) is 1. The van der Waals surface area contributed by atoms with Crippen LogP contribution in [0.25, 0.3) is 0 Å². The third-order valence-electron chi connectivity index (χ3n) is 1.88. The molecular weight excluding hydrogens is 160 g/mol. The van der Waals surface area contributed by atoms with Crippen molar-refractivity contribution < 1.29 is 14.3 Å². The summed E-state index contributed by atoms with van der Waals surface area (Å²) in [6, 6.07) is 1.64. The van der Waals surface area contributed by atoms with Crippen molar-refractivity contribution in [1.82, 2.24) is 0 Å². The van der Waals surface area contributed by atoms with Crippen molar-refractivity contribution in [3.8, 4) is 6.07 Å². The van der Waals surface area contributed by atoms with E-state index in [1.165, 1.54) is 0 Å². The van der Waals surface area contributed by atoms with Gasteiger partial charge < -0.3 is 10.5 Å². The smallest absolute Gasteiger partial charge is 0.322 e. The third kappa shape index (κ3) is 1.23. The van der Waals surface area contributed by atoms with E-state index in [1.807, 2.05) is 0 Å². The molecule has 0 radical (unpaired) electrons. The molecule has 0 aromatic rings. The van der Waals surface area contributed by atoms with Crippen molar-refractivity contribution in [1.29, 1.82) is 5.26 Å². The molecule has 1 amide bonds. The molecule has 1 fully saturated rings. The number of nitrogens with zero attached hydrogens (tertiary/aromatic N) is 1. The molecule has 64 valence electrons. The minimum absolute atomic E-state index is 0.326. The molecule has 2 N–H and O–H groups in total. The molecule has 0 saturated heterocycles. The van der Waals surface area contributed by atoms with Crippen molar-refractivity contribution in [2.24, 2.45) is 11.1 Å². The maximum atomic E-state index is 11.1. The predicted molar refractivity (Wildman–Crippen MR) is 37.4 cm³/mol. The lowest BCUT2D eigenvalue weighted by Gasteiger charge is -2.07. The van der Waals surface area contributed by atoms with Crippen LogP contribution in [-0.4, -0.2) is 18.5 Å². The van der Waals surface area contributed by atoms with E-state index in [9.17, 15) is 9.59 Å². The van der Waals surface area contributed by atoms with E-state index < -0.39 is 17.3 Å². The zero-order chi connectivity index (χ0) is 9.19. The summed E-state index contributed by atoms with van der Waals surface area (Å²) < 4.78 is 4.48. The molecule has 1 aliphatic carbocycles. The first-order valence-corrected chi connectivity index (χ1v) is 3.47. The minimum Gasteiger partial charge on any atom is -0.449 e. The number of hydrogen-bond acceptors (Lipinski definition) is 4. The van der Waals surface area contributed by atoms with Gasteiger partial charge in [-0.25, -0.2) is 0 Å². The van der Waals surface area contributed by atoms with Crippen molar-refractivity contribution in [2.75, 3.05) is 6.61 Å². The highest BCUT2D eigenvalue weighted by Crippen LogP contribution is 2.46. The number of nitrogens with two attached hydrogens (primary N) is 1. The topological polar surface area (TPSA) is 93.2 Å². The second-order valence-electron chi connectivity index (χ2n) is 2.68. The Hall–Kier alpha value is -1.57. The fourth-order valence-corrected chi connectivity index (χ4v) is 0.912. The van der Waals surface area contributed by atoms with Gasteiger partial charge >= 0.3 is 5.97 Å². The number of primary amides is 1. The Bertz CT molecular complexity index is 262. The van der Waals surface area contributed by atoms with Gasteiger partial charge in [0.2, 0.25) is 5.91 Å². The van der Waals surface area contributed by atoms with E-state index in [1.54, 1.807) is 6.07 Å². The van der Waals surface area contributed by atoms with Crippen LogP contribution in [0.5, 0.6) is 0 Å². The molecule has 12 heavy (non-hydrogen) atoms. The number of rotatable bonds is 3. The maximum absolute atomic E-state index is 11.1. The number of esters is 1. The standard InChI is InChI=1S/C7H8N2O3/c8-3-4-12-6(11)7(1-2-7)5(9)10/h1-2,4H2,(H2,9,10). The monoisotopic (exact) mass is 168 g/mol.